The third-order valence-corrected chi connectivity index (χ3v) is 5.60. The first-order chi connectivity index (χ1) is 12.8. The molecule has 6 heteroatoms. The van der Waals surface area contributed by atoms with Gasteiger partial charge >= 0.3 is 0 Å². The van der Waals surface area contributed by atoms with Crippen LogP contribution in [0.4, 0.5) is 5.00 Å². The topological polar surface area (TPSA) is 48.9 Å². The van der Waals surface area contributed by atoms with E-state index in [1.54, 1.807) is 7.11 Å². The summed E-state index contributed by atoms with van der Waals surface area (Å²) in [6.45, 7) is 3.61. The molecule has 0 radical (unpaired) electrons. The first-order valence-corrected chi connectivity index (χ1v) is 9.99. The number of aliphatic imine (C=N–C) groups is 1. The van der Waals surface area contributed by atoms with Gasteiger partial charge < -0.3 is 20.3 Å². The summed E-state index contributed by atoms with van der Waals surface area (Å²) in [5, 5.41) is 10.5. The van der Waals surface area contributed by atoms with E-state index in [-0.39, 0.29) is 0 Å². The molecule has 26 heavy (non-hydrogen) atoms. The highest BCUT2D eigenvalue weighted by Crippen LogP contribution is 2.24. The molecule has 0 bridgehead atoms. The molecule has 2 N–H and O–H groups in total. The van der Waals surface area contributed by atoms with Crippen LogP contribution in [0.25, 0.3) is 0 Å². The molecule has 0 aliphatic carbocycles. The van der Waals surface area contributed by atoms with Crippen molar-refractivity contribution in [2.75, 3.05) is 32.1 Å². The molecule has 2 aromatic rings. The Bertz CT molecular complexity index is 676. The van der Waals surface area contributed by atoms with E-state index in [4.69, 9.17) is 4.74 Å². The average molecular weight is 373 g/mol. The maximum Gasteiger partial charge on any atom is 0.191 e. The van der Waals surface area contributed by atoms with Crippen LogP contribution in [0, 0.1) is 0 Å². The number of anilines is 1. The molecular weight excluding hydrogens is 344 g/mol. The second kappa shape index (κ2) is 9.59. The Balaban J connectivity index is 1.43. The molecule has 1 aromatic heterocycles. The monoisotopic (exact) mass is 372 g/mol. The molecule has 2 heterocycles. The van der Waals surface area contributed by atoms with Crippen molar-refractivity contribution in [1.82, 2.24) is 10.6 Å². The van der Waals surface area contributed by atoms with E-state index in [2.05, 4.69) is 62.3 Å². The molecule has 1 aliphatic rings. The molecule has 5 nitrogen and oxygen atoms in total. The lowest BCUT2D eigenvalue weighted by atomic mass is 10.1. The predicted octanol–water partition coefficient (Wildman–Crippen LogP) is 3.23. The van der Waals surface area contributed by atoms with Crippen molar-refractivity contribution in [3.63, 3.8) is 0 Å². The first-order valence-electron chi connectivity index (χ1n) is 9.11. The van der Waals surface area contributed by atoms with Gasteiger partial charge in [0.1, 0.15) is 0 Å². The summed E-state index contributed by atoms with van der Waals surface area (Å²) in [4.78, 5) is 6.85. The second-order valence-electron chi connectivity index (χ2n) is 6.53. The number of rotatable bonds is 6. The summed E-state index contributed by atoms with van der Waals surface area (Å²) >= 11 is 1.82. The van der Waals surface area contributed by atoms with E-state index >= 15 is 0 Å². The summed E-state index contributed by atoms with van der Waals surface area (Å²) in [5.74, 6) is 0.876. The van der Waals surface area contributed by atoms with Crippen LogP contribution in [0.15, 0.2) is 46.8 Å². The summed E-state index contributed by atoms with van der Waals surface area (Å²) in [7, 11) is 3.55. The van der Waals surface area contributed by atoms with Crippen molar-refractivity contribution in [2.45, 2.75) is 32.0 Å². The zero-order valence-electron chi connectivity index (χ0n) is 15.6. The number of methoxy groups -OCH3 is 1. The Kier molecular flexibility index (Phi) is 6.91. The van der Waals surface area contributed by atoms with Gasteiger partial charge in [-0.1, -0.05) is 24.3 Å². The average Bonchev–Trinajstić information content (AvgIpc) is 3.22. The van der Waals surface area contributed by atoms with Crippen LogP contribution >= 0.6 is 11.3 Å². The largest absolute Gasteiger partial charge is 0.380 e. The van der Waals surface area contributed by atoms with Crippen molar-refractivity contribution in [3.05, 3.63) is 52.9 Å². The van der Waals surface area contributed by atoms with Crippen molar-refractivity contribution in [1.29, 1.82) is 0 Å². The summed E-state index contributed by atoms with van der Waals surface area (Å²) < 4.78 is 5.15. The number of guanidine groups is 1. The van der Waals surface area contributed by atoms with E-state index in [0.29, 0.717) is 12.6 Å². The lowest BCUT2D eigenvalue weighted by molar-refractivity contribution is 0.185. The molecule has 0 atom stereocenters. The second-order valence-corrected chi connectivity index (χ2v) is 7.46. The van der Waals surface area contributed by atoms with E-state index < -0.39 is 0 Å². The Morgan fingerprint density at radius 1 is 1.19 bits per heavy atom. The van der Waals surface area contributed by atoms with Gasteiger partial charge in [0.2, 0.25) is 0 Å². The summed E-state index contributed by atoms with van der Waals surface area (Å²) in [6.07, 6.45) is 2.26. The molecule has 140 valence electrons. The van der Waals surface area contributed by atoms with Gasteiger partial charge in [-0.25, -0.2) is 0 Å². The Morgan fingerprint density at radius 2 is 1.92 bits per heavy atom. The highest BCUT2D eigenvalue weighted by atomic mass is 32.1. The van der Waals surface area contributed by atoms with Crippen LogP contribution in [-0.2, 0) is 17.9 Å². The number of benzene rings is 1. The minimum atomic E-state index is 0.474. The Labute approximate surface area is 160 Å². The fourth-order valence-corrected chi connectivity index (χ4v) is 3.97. The van der Waals surface area contributed by atoms with Gasteiger partial charge in [-0.2, -0.15) is 0 Å². The zero-order valence-corrected chi connectivity index (χ0v) is 16.4. The maximum absolute atomic E-state index is 5.15. The number of thiophene rings is 1. The van der Waals surface area contributed by atoms with Gasteiger partial charge in [0, 0.05) is 39.8 Å². The fourth-order valence-electron chi connectivity index (χ4n) is 3.19. The molecule has 1 saturated heterocycles. The van der Waals surface area contributed by atoms with Crippen LogP contribution < -0.4 is 15.5 Å². The van der Waals surface area contributed by atoms with Crippen LogP contribution in [0.3, 0.4) is 0 Å². The van der Waals surface area contributed by atoms with Gasteiger partial charge in [-0.15, -0.1) is 11.3 Å². The molecular formula is C20H28N4OS. The van der Waals surface area contributed by atoms with E-state index in [1.807, 2.05) is 18.4 Å². The minimum Gasteiger partial charge on any atom is -0.380 e. The third-order valence-electron chi connectivity index (χ3n) is 4.67. The van der Waals surface area contributed by atoms with Crippen LogP contribution in [0.1, 0.15) is 24.0 Å². The predicted molar refractivity (Wildman–Crippen MR) is 110 cm³/mol. The normalized spacial score (nSPS) is 15.9. The van der Waals surface area contributed by atoms with Crippen LogP contribution in [-0.4, -0.2) is 39.2 Å². The molecule has 0 saturated carbocycles. The van der Waals surface area contributed by atoms with Gasteiger partial charge in [0.15, 0.2) is 5.96 Å². The summed E-state index contributed by atoms with van der Waals surface area (Å²) in [5.41, 5.74) is 2.43. The standard InChI is InChI=1S/C20H28N4OS/c1-21-20(22-14-16-5-7-17(8-6-16)15-25-2)23-18-9-11-24(12-10-18)19-4-3-13-26-19/h3-8,13,18H,9-12,14-15H2,1-2H3,(H2,21,22,23). The minimum absolute atomic E-state index is 0.474. The van der Waals surface area contributed by atoms with Gasteiger partial charge in [0.25, 0.3) is 0 Å². The van der Waals surface area contributed by atoms with Crippen molar-refractivity contribution >= 4 is 22.3 Å². The molecule has 0 amide bonds. The zero-order chi connectivity index (χ0) is 18.2. The number of ether oxygens (including phenoxy) is 1. The first kappa shape index (κ1) is 18.7. The van der Waals surface area contributed by atoms with E-state index in [9.17, 15) is 0 Å². The quantitative estimate of drug-likeness (QED) is 0.604. The van der Waals surface area contributed by atoms with Gasteiger partial charge in [-0.05, 0) is 41.5 Å². The fraction of sp³-hybridized carbons (Fsp3) is 0.450. The maximum atomic E-state index is 5.15. The van der Waals surface area contributed by atoms with Gasteiger partial charge in [-0.3, -0.25) is 4.99 Å². The van der Waals surface area contributed by atoms with E-state index in [0.717, 1.165) is 38.4 Å². The van der Waals surface area contributed by atoms with Crippen molar-refractivity contribution in [3.8, 4) is 0 Å². The molecule has 1 fully saturated rings. The third kappa shape index (κ3) is 5.22. The number of nitrogens with one attached hydrogen (secondary N) is 2. The molecule has 0 spiro atoms. The number of hydrogen-bond acceptors (Lipinski definition) is 4. The Morgan fingerprint density at radius 3 is 2.54 bits per heavy atom. The number of hydrogen-bond donors (Lipinski definition) is 2. The Hall–Kier alpha value is -2.05. The lowest BCUT2D eigenvalue weighted by Crippen LogP contribution is -2.48. The summed E-state index contributed by atoms with van der Waals surface area (Å²) in [6, 6.07) is 13.3. The molecule has 3 rings (SSSR count). The molecule has 1 aliphatic heterocycles. The lowest BCUT2D eigenvalue weighted by Gasteiger charge is -2.33. The highest BCUT2D eigenvalue weighted by molar-refractivity contribution is 7.14. The molecule has 0 unspecified atom stereocenters. The van der Waals surface area contributed by atoms with Crippen LogP contribution in [0.5, 0.6) is 0 Å². The molecule has 1 aromatic carbocycles. The smallest absolute Gasteiger partial charge is 0.191 e. The van der Waals surface area contributed by atoms with E-state index in [1.165, 1.54) is 16.1 Å². The van der Waals surface area contributed by atoms with Crippen LogP contribution in [0.2, 0.25) is 0 Å². The SMILES string of the molecule is CN=C(NCc1ccc(COC)cc1)NC1CCN(c2cccs2)CC1. The van der Waals surface area contributed by atoms with Crippen molar-refractivity contribution < 1.29 is 4.74 Å². The number of nitrogens with zero attached hydrogens (tertiary/aromatic N) is 2. The van der Waals surface area contributed by atoms with Crippen molar-refractivity contribution in [2.24, 2.45) is 4.99 Å². The highest BCUT2D eigenvalue weighted by Gasteiger charge is 2.20. The van der Waals surface area contributed by atoms with Gasteiger partial charge in [0.05, 0.1) is 11.6 Å². The number of piperidine rings is 1.